The molecule has 0 bridgehead atoms. The number of carbonyl (C=O) groups excluding carboxylic acids is 1. The number of piperazine rings is 1. The number of aryl methyl sites for hydroxylation is 2. The first kappa shape index (κ1) is 13.1. The van der Waals surface area contributed by atoms with Crippen molar-refractivity contribution in [1.82, 2.24) is 20.0 Å². The second-order valence-corrected chi connectivity index (χ2v) is 5.18. The number of nitrogens with one attached hydrogen (secondary N) is 1. The van der Waals surface area contributed by atoms with Gasteiger partial charge in [-0.2, -0.15) is 5.10 Å². The summed E-state index contributed by atoms with van der Waals surface area (Å²) in [4.78, 5) is 14.4. The number of rotatable bonds is 2. The quantitative estimate of drug-likeness (QED) is 0.845. The average molecular weight is 250 g/mol. The minimum absolute atomic E-state index is 0.0879. The third kappa shape index (κ3) is 2.56. The molecule has 0 aliphatic carbocycles. The lowest BCUT2D eigenvalue weighted by molar-refractivity contribution is 0.0662. The van der Waals surface area contributed by atoms with Crippen LogP contribution in [0.15, 0.2) is 6.07 Å². The Kier molecular flexibility index (Phi) is 3.71. The van der Waals surface area contributed by atoms with E-state index in [1.807, 2.05) is 24.9 Å². The van der Waals surface area contributed by atoms with Gasteiger partial charge in [0.2, 0.25) is 0 Å². The molecular formula is C13H22N4O. The second kappa shape index (κ2) is 5.10. The Morgan fingerprint density at radius 2 is 2.06 bits per heavy atom. The Hall–Kier alpha value is -1.36. The fourth-order valence-electron chi connectivity index (χ4n) is 2.55. The zero-order valence-electron chi connectivity index (χ0n) is 11.6. The summed E-state index contributed by atoms with van der Waals surface area (Å²) in [5, 5.41) is 7.77. The summed E-state index contributed by atoms with van der Waals surface area (Å²) >= 11 is 0. The largest absolute Gasteiger partial charge is 0.334 e. The Bertz CT molecular complexity index is 430. The van der Waals surface area contributed by atoms with Crippen molar-refractivity contribution in [1.29, 1.82) is 0 Å². The fraction of sp³-hybridized carbons (Fsp3) is 0.692. The van der Waals surface area contributed by atoms with Crippen LogP contribution in [-0.2, 0) is 13.5 Å². The van der Waals surface area contributed by atoms with Crippen molar-refractivity contribution in [3.05, 3.63) is 17.5 Å². The van der Waals surface area contributed by atoms with Gasteiger partial charge >= 0.3 is 0 Å². The molecule has 2 unspecified atom stereocenters. The zero-order valence-corrected chi connectivity index (χ0v) is 11.6. The fourth-order valence-corrected chi connectivity index (χ4v) is 2.55. The molecule has 1 aliphatic rings. The van der Waals surface area contributed by atoms with E-state index in [1.165, 1.54) is 0 Å². The van der Waals surface area contributed by atoms with Crippen molar-refractivity contribution in [3.8, 4) is 0 Å². The third-order valence-corrected chi connectivity index (χ3v) is 3.36. The van der Waals surface area contributed by atoms with Gasteiger partial charge in [0.05, 0.1) is 5.69 Å². The van der Waals surface area contributed by atoms with E-state index in [1.54, 1.807) is 4.68 Å². The Morgan fingerprint density at radius 1 is 1.44 bits per heavy atom. The minimum Gasteiger partial charge on any atom is -0.334 e. The van der Waals surface area contributed by atoms with Crippen molar-refractivity contribution in [2.24, 2.45) is 7.05 Å². The van der Waals surface area contributed by atoms with E-state index in [9.17, 15) is 4.79 Å². The standard InChI is InChI=1S/C13H22N4O/c1-5-11-6-12(16(4)15-11)13(18)17-7-9(2)14-10(3)8-17/h6,9-10,14H,5,7-8H2,1-4H3. The van der Waals surface area contributed by atoms with Crippen LogP contribution >= 0.6 is 0 Å². The van der Waals surface area contributed by atoms with E-state index < -0.39 is 0 Å². The molecule has 5 nitrogen and oxygen atoms in total. The van der Waals surface area contributed by atoms with Crippen LogP contribution in [0.1, 0.15) is 37.0 Å². The summed E-state index contributed by atoms with van der Waals surface area (Å²) in [7, 11) is 1.83. The van der Waals surface area contributed by atoms with Gasteiger partial charge in [-0.1, -0.05) is 6.92 Å². The number of nitrogens with zero attached hydrogens (tertiary/aromatic N) is 3. The molecule has 1 aromatic heterocycles. The Labute approximate surface area is 108 Å². The highest BCUT2D eigenvalue weighted by Crippen LogP contribution is 2.11. The summed E-state index contributed by atoms with van der Waals surface area (Å²) in [5.74, 6) is 0.0879. The van der Waals surface area contributed by atoms with E-state index in [4.69, 9.17) is 0 Å². The summed E-state index contributed by atoms with van der Waals surface area (Å²) in [5.41, 5.74) is 1.66. The van der Waals surface area contributed by atoms with Gasteiger partial charge in [0.1, 0.15) is 5.69 Å². The molecule has 2 rings (SSSR count). The average Bonchev–Trinajstić information content (AvgIpc) is 2.68. The maximum atomic E-state index is 12.5. The minimum atomic E-state index is 0.0879. The second-order valence-electron chi connectivity index (χ2n) is 5.18. The SMILES string of the molecule is CCc1cc(C(=O)N2CC(C)NC(C)C2)n(C)n1. The molecule has 1 saturated heterocycles. The maximum Gasteiger partial charge on any atom is 0.272 e. The third-order valence-electron chi connectivity index (χ3n) is 3.36. The lowest BCUT2D eigenvalue weighted by Gasteiger charge is -2.36. The van der Waals surface area contributed by atoms with Gasteiger partial charge in [-0.25, -0.2) is 0 Å². The van der Waals surface area contributed by atoms with E-state index in [0.717, 1.165) is 25.2 Å². The molecular weight excluding hydrogens is 228 g/mol. The van der Waals surface area contributed by atoms with Gasteiger partial charge in [-0.05, 0) is 26.3 Å². The monoisotopic (exact) mass is 250 g/mol. The molecule has 0 aromatic carbocycles. The topological polar surface area (TPSA) is 50.2 Å². The van der Waals surface area contributed by atoms with E-state index >= 15 is 0 Å². The first-order valence-corrected chi connectivity index (χ1v) is 6.59. The highest BCUT2D eigenvalue weighted by Gasteiger charge is 2.27. The van der Waals surface area contributed by atoms with Crippen LogP contribution in [-0.4, -0.2) is 45.8 Å². The summed E-state index contributed by atoms with van der Waals surface area (Å²) in [6.07, 6.45) is 0.857. The normalized spacial score (nSPS) is 24.3. The molecule has 5 heteroatoms. The maximum absolute atomic E-state index is 12.5. The van der Waals surface area contributed by atoms with Gasteiger partial charge in [-0.3, -0.25) is 9.48 Å². The predicted molar refractivity (Wildman–Crippen MR) is 70.5 cm³/mol. The summed E-state index contributed by atoms with van der Waals surface area (Å²) in [6, 6.07) is 2.59. The predicted octanol–water partition coefficient (Wildman–Crippen LogP) is 0.805. The number of amides is 1. The van der Waals surface area contributed by atoms with Gasteiger partial charge in [0.25, 0.3) is 5.91 Å². The zero-order chi connectivity index (χ0) is 13.3. The molecule has 0 radical (unpaired) electrons. The number of hydrogen-bond donors (Lipinski definition) is 1. The number of carbonyl (C=O) groups is 1. The summed E-state index contributed by atoms with van der Waals surface area (Å²) < 4.78 is 1.69. The molecule has 0 saturated carbocycles. The molecule has 2 atom stereocenters. The first-order chi connectivity index (χ1) is 8.51. The summed E-state index contributed by atoms with van der Waals surface area (Å²) in [6.45, 7) is 7.78. The molecule has 1 amide bonds. The van der Waals surface area contributed by atoms with Crippen LogP contribution in [0, 0.1) is 0 Å². The molecule has 1 aromatic rings. The van der Waals surface area contributed by atoms with Crippen LogP contribution in [0.3, 0.4) is 0 Å². The van der Waals surface area contributed by atoms with Crippen LogP contribution < -0.4 is 5.32 Å². The van der Waals surface area contributed by atoms with Crippen molar-refractivity contribution < 1.29 is 4.79 Å². The van der Waals surface area contributed by atoms with E-state index in [0.29, 0.717) is 17.8 Å². The van der Waals surface area contributed by atoms with Crippen molar-refractivity contribution in [2.75, 3.05) is 13.1 Å². The van der Waals surface area contributed by atoms with Gasteiger partial charge in [-0.15, -0.1) is 0 Å². The van der Waals surface area contributed by atoms with E-state index in [2.05, 4.69) is 24.3 Å². The molecule has 2 heterocycles. The highest BCUT2D eigenvalue weighted by molar-refractivity contribution is 5.92. The Morgan fingerprint density at radius 3 is 2.56 bits per heavy atom. The Balaban J connectivity index is 2.17. The first-order valence-electron chi connectivity index (χ1n) is 6.59. The van der Waals surface area contributed by atoms with Gasteiger partial charge in [0, 0.05) is 32.2 Å². The smallest absolute Gasteiger partial charge is 0.272 e. The highest BCUT2D eigenvalue weighted by atomic mass is 16.2. The lowest BCUT2D eigenvalue weighted by atomic mass is 10.1. The van der Waals surface area contributed by atoms with E-state index in [-0.39, 0.29) is 5.91 Å². The number of hydrogen-bond acceptors (Lipinski definition) is 3. The molecule has 0 spiro atoms. The van der Waals surface area contributed by atoms with Crippen LogP contribution in [0.5, 0.6) is 0 Å². The lowest BCUT2D eigenvalue weighted by Crippen LogP contribution is -2.56. The molecule has 18 heavy (non-hydrogen) atoms. The van der Waals surface area contributed by atoms with Crippen molar-refractivity contribution >= 4 is 5.91 Å². The van der Waals surface area contributed by atoms with Crippen LogP contribution in [0.25, 0.3) is 0 Å². The molecule has 1 fully saturated rings. The van der Waals surface area contributed by atoms with Gasteiger partial charge < -0.3 is 10.2 Å². The molecule has 1 N–H and O–H groups in total. The van der Waals surface area contributed by atoms with Gasteiger partial charge in [0.15, 0.2) is 0 Å². The molecule has 100 valence electrons. The van der Waals surface area contributed by atoms with Crippen molar-refractivity contribution in [3.63, 3.8) is 0 Å². The van der Waals surface area contributed by atoms with Crippen LogP contribution in [0.4, 0.5) is 0 Å². The molecule has 1 aliphatic heterocycles. The van der Waals surface area contributed by atoms with Crippen LogP contribution in [0.2, 0.25) is 0 Å². The van der Waals surface area contributed by atoms with Crippen molar-refractivity contribution in [2.45, 2.75) is 39.3 Å². The number of aromatic nitrogens is 2.